The van der Waals surface area contributed by atoms with Crippen LogP contribution in [0.3, 0.4) is 0 Å². The highest BCUT2D eigenvalue weighted by atomic mass is 16.5. The van der Waals surface area contributed by atoms with Crippen LogP contribution in [0, 0.1) is 0 Å². The maximum atomic E-state index is 12.2. The molecule has 0 saturated heterocycles. The van der Waals surface area contributed by atoms with Crippen LogP contribution in [0.25, 0.3) is 11.1 Å². The standard InChI is InChI=1S/C22H25NO4/c1-22(2,3)27-13-15(12-24)23-21(25)26-14-20-18-10-6-4-8-16(18)17-9-5-7-11-19(17)20/h4-12,15,20H,13-14H2,1-3H3,(H,23,25). The summed E-state index contributed by atoms with van der Waals surface area (Å²) < 4.78 is 11.0. The van der Waals surface area contributed by atoms with Gasteiger partial charge in [0, 0.05) is 5.92 Å². The molecule has 1 N–H and O–H groups in total. The van der Waals surface area contributed by atoms with Crippen LogP contribution in [0.2, 0.25) is 0 Å². The van der Waals surface area contributed by atoms with Crippen LogP contribution in [0.5, 0.6) is 0 Å². The monoisotopic (exact) mass is 367 g/mol. The molecule has 3 rings (SSSR count). The van der Waals surface area contributed by atoms with Crippen molar-refractivity contribution < 1.29 is 19.1 Å². The van der Waals surface area contributed by atoms with Gasteiger partial charge in [0.15, 0.2) is 0 Å². The molecule has 0 radical (unpaired) electrons. The van der Waals surface area contributed by atoms with Gasteiger partial charge in [-0.2, -0.15) is 0 Å². The molecule has 5 heteroatoms. The Labute approximate surface area is 159 Å². The van der Waals surface area contributed by atoms with Gasteiger partial charge in [0.1, 0.15) is 18.9 Å². The molecule has 1 aliphatic rings. The number of nitrogens with one attached hydrogen (secondary N) is 1. The fraction of sp³-hybridized carbons (Fsp3) is 0.364. The van der Waals surface area contributed by atoms with Gasteiger partial charge in [-0.15, -0.1) is 0 Å². The summed E-state index contributed by atoms with van der Waals surface area (Å²) in [6.45, 7) is 6.00. The minimum atomic E-state index is -0.736. The second kappa shape index (κ2) is 7.92. The van der Waals surface area contributed by atoms with E-state index in [4.69, 9.17) is 9.47 Å². The average molecular weight is 367 g/mol. The Kier molecular flexibility index (Phi) is 5.61. The van der Waals surface area contributed by atoms with Gasteiger partial charge in [-0.05, 0) is 43.0 Å². The zero-order chi connectivity index (χ0) is 19.4. The number of benzene rings is 2. The average Bonchev–Trinajstić information content (AvgIpc) is 2.97. The first-order chi connectivity index (χ1) is 12.9. The number of amides is 1. The predicted octanol–water partition coefficient (Wildman–Crippen LogP) is 3.91. The van der Waals surface area contributed by atoms with Crippen molar-refractivity contribution in [2.45, 2.75) is 38.3 Å². The Hall–Kier alpha value is -2.66. The Morgan fingerprint density at radius 2 is 1.63 bits per heavy atom. The van der Waals surface area contributed by atoms with E-state index < -0.39 is 12.1 Å². The van der Waals surface area contributed by atoms with Crippen molar-refractivity contribution in [2.75, 3.05) is 13.2 Å². The molecule has 2 aromatic rings. The van der Waals surface area contributed by atoms with Crippen LogP contribution in [0.15, 0.2) is 48.5 Å². The van der Waals surface area contributed by atoms with Crippen LogP contribution in [-0.4, -0.2) is 37.2 Å². The van der Waals surface area contributed by atoms with Crippen molar-refractivity contribution in [3.63, 3.8) is 0 Å². The summed E-state index contributed by atoms with van der Waals surface area (Å²) >= 11 is 0. The Balaban J connectivity index is 1.63. The molecule has 0 aromatic heterocycles. The number of ether oxygens (including phenoxy) is 2. The fourth-order valence-electron chi connectivity index (χ4n) is 3.25. The molecule has 0 spiro atoms. The molecule has 1 unspecified atom stereocenters. The van der Waals surface area contributed by atoms with Gasteiger partial charge in [-0.1, -0.05) is 48.5 Å². The molecule has 1 amide bonds. The highest BCUT2D eigenvalue weighted by Gasteiger charge is 2.29. The number of rotatable bonds is 6. The van der Waals surface area contributed by atoms with E-state index in [9.17, 15) is 9.59 Å². The lowest BCUT2D eigenvalue weighted by Crippen LogP contribution is -2.41. The number of aldehydes is 1. The number of alkyl carbamates (subject to hydrolysis) is 1. The maximum absolute atomic E-state index is 12.2. The molecule has 2 aromatic carbocycles. The molecule has 0 heterocycles. The molecule has 27 heavy (non-hydrogen) atoms. The summed E-state index contributed by atoms with van der Waals surface area (Å²) in [5.41, 5.74) is 4.26. The van der Waals surface area contributed by atoms with E-state index >= 15 is 0 Å². The first kappa shape index (κ1) is 19.1. The Morgan fingerprint density at radius 1 is 1.07 bits per heavy atom. The fourth-order valence-corrected chi connectivity index (χ4v) is 3.25. The van der Waals surface area contributed by atoms with Gasteiger partial charge in [0.25, 0.3) is 0 Å². The molecule has 0 aliphatic heterocycles. The second-order valence-electron chi connectivity index (χ2n) is 7.64. The first-order valence-corrected chi connectivity index (χ1v) is 9.10. The van der Waals surface area contributed by atoms with E-state index in [0.717, 1.165) is 11.1 Å². The van der Waals surface area contributed by atoms with Crippen LogP contribution >= 0.6 is 0 Å². The Bertz CT molecular complexity index is 780. The smallest absolute Gasteiger partial charge is 0.407 e. The van der Waals surface area contributed by atoms with Gasteiger partial charge in [-0.3, -0.25) is 0 Å². The largest absolute Gasteiger partial charge is 0.449 e. The van der Waals surface area contributed by atoms with Crippen molar-refractivity contribution in [3.8, 4) is 11.1 Å². The lowest BCUT2D eigenvalue weighted by atomic mass is 9.98. The molecule has 5 nitrogen and oxygen atoms in total. The SMILES string of the molecule is CC(C)(C)OCC(C=O)NC(=O)OCC1c2ccccc2-c2ccccc21. The molecular weight excluding hydrogens is 342 g/mol. The van der Waals surface area contributed by atoms with Crippen molar-refractivity contribution >= 4 is 12.4 Å². The first-order valence-electron chi connectivity index (χ1n) is 9.10. The third kappa shape index (κ3) is 4.55. The Morgan fingerprint density at radius 3 is 2.15 bits per heavy atom. The second-order valence-corrected chi connectivity index (χ2v) is 7.64. The van der Waals surface area contributed by atoms with Crippen molar-refractivity contribution in [3.05, 3.63) is 59.7 Å². The molecule has 1 aliphatic carbocycles. The summed E-state index contributed by atoms with van der Waals surface area (Å²) in [5.74, 6) is -0.0105. The summed E-state index contributed by atoms with van der Waals surface area (Å²) in [7, 11) is 0. The third-order valence-corrected chi connectivity index (χ3v) is 4.51. The highest BCUT2D eigenvalue weighted by molar-refractivity contribution is 5.79. The summed E-state index contributed by atoms with van der Waals surface area (Å²) in [6.07, 6.45) is 0.0409. The molecule has 0 bridgehead atoms. The lowest BCUT2D eigenvalue weighted by Gasteiger charge is -2.22. The number of carbonyl (C=O) groups excluding carboxylic acids is 2. The van der Waals surface area contributed by atoms with E-state index in [0.29, 0.717) is 6.29 Å². The lowest BCUT2D eigenvalue weighted by molar-refractivity contribution is -0.112. The molecule has 1 atom stereocenters. The van der Waals surface area contributed by atoms with Crippen LogP contribution in [-0.2, 0) is 14.3 Å². The van der Waals surface area contributed by atoms with Gasteiger partial charge >= 0.3 is 6.09 Å². The molecule has 142 valence electrons. The third-order valence-electron chi connectivity index (χ3n) is 4.51. The minimum absolute atomic E-state index is 0.0105. The van der Waals surface area contributed by atoms with E-state index in [-0.39, 0.29) is 24.7 Å². The zero-order valence-corrected chi connectivity index (χ0v) is 15.9. The molecule has 0 fully saturated rings. The van der Waals surface area contributed by atoms with Gasteiger partial charge in [0.05, 0.1) is 12.2 Å². The summed E-state index contributed by atoms with van der Waals surface area (Å²) in [6, 6.07) is 15.6. The quantitative estimate of drug-likeness (QED) is 0.786. The van der Waals surface area contributed by atoms with E-state index in [1.54, 1.807) is 0 Å². The van der Waals surface area contributed by atoms with E-state index in [2.05, 4.69) is 29.6 Å². The van der Waals surface area contributed by atoms with Gasteiger partial charge < -0.3 is 19.6 Å². The normalized spacial score (nSPS) is 14.2. The number of carbonyl (C=O) groups is 2. The van der Waals surface area contributed by atoms with Crippen molar-refractivity contribution in [1.29, 1.82) is 0 Å². The van der Waals surface area contributed by atoms with Crippen LogP contribution in [0.1, 0.15) is 37.8 Å². The predicted molar refractivity (Wildman–Crippen MR) is 104 cm³/mol. The maximum Gasteiger partial charge on any atom is 0.407 e. The van der Waals surface area contributed by atoms with Gasteiger partial charge in [0.2, 0.25) is 0 Å². The van der Waals surface area contributed by atoms with E-state index in [1.807, 2.05) is 45.0 Å². The summed E-state index contributed by atoms with van der Waals surface area (Å²) in [4.78, 5) is 23.4. The highest BCUT2D eigenvalue weighted by Crippen LogP contribution is 2.44. The topological polar surface area (TPSA) is 64.6 Å². The summed E-state index contributed by atoms with van der Waals surface area (Å²) in [5, 5.41) is 2.56. The molecular formula is C22H25NO4. The van der Waals surface area contributed by atoms with E-state index in [1.165, 1.54) is 11.1 Å². The minimum Gasteiger partial charge on any atom is -0.449 e. The molecule has 0 saturated carbocycles. The number of hydrogen-bond acceptors (Lipinski definition) is 4. The van der Waals surface area contributed by atoms with Gasteiger partial charge in [-0.25, -0.2) is 4.79 Å². The van der Waals surface area contributed by atoms with Crippen molar-refractivity contribution in [1.82, 2.24) is 5.32 Å². The zero-order valence-electron chi connectivity index (χ0n) is 15.9. The number of fused-ring (bicyclic) bond motifs is 3. The van der Waals surface area contributed by atoms with Crippen LogP contribution in [0.4, 0.5) is 4.79 Å². The number of hydrogen-bond donors (Lipinski definition) is 1. The van der Waals surface area contributed by atoms with Crippen LogP contribution < -0.4 is 5.32 Å². The van der Waals surface area contributed by atoms with Crippen molar-refractivity contribution in [2.24, 2.45) is 0 Å².